The van der Waals surface area contributed by atoms with Gasteiger partial charge in [0.2, 0.25) is 0 Å². The maximum absolute atomic E-state index is 13.6. The molecule has 6 heteroatoms. The third-order valence-corrected chi connectivity index (χ3v) is 2.76. The largest absolute Gasteiger partial charge is 0.379 e. The van der Waals surface area contributed by atoms with E-state index in [1.54, 1.807) is 19.1 Å². The molecular formula is C14H12F2N2O2. The topological polar surface area (TPSA) is 55.2 Å². The molecule has 0 saturated carbocycles. The number of rotatable bonds is 4. The number of anilines is 1. The lowest BCUT2D eigenvalue weighted by atomic mass is 10.1. The molecule has 2 rings (SSSR count). The van der Waals surface area contributed by atoms with Gasteiger partial charge >= 0.3 is 0 Å². The Bertz CT molecular complexity index is 660. The Labute approximate surface area is 114 Å². The van der Waals surface area contributed by atoms with Crippen LogP contribution in [0.4, 0.5) is 20.2 Å². The Morgan fingerprint density at radius 3 is 2.60 bits per heavy atom. The van der Waals surface area contributed by atoms with Gasteiger partial charge < -0.3 is 5.32 Å². The maximum Gasteiger partial charge on any atom is 0.272 e. The monoisotopic (exact) mass is 278 g/mol. The van der Waals surface area contributed by atoms with Gasteiger partial charge in [-0.3, -0.25) is 10.1 Å². The molecule has 0 spiro atoms. The lowest BCUT2D eigenvalue weighted by Gasteiger charge is -2.08. The van der Waals surface area contributed by atoms with Crippen LogP contribution >= 0.6 is 0 Å². The summed E-state index contributed by atoms with van der Waals surface area (Å²) in [5, 5.41) is 13.4. The number of hydrogen-bond acceptors (Lipinski definition) is 3. The normalized spacial score (nSPS) is 10.3. The molecule has 2 aromatic carbocycles. The van der Waals surface area contributed by atoms with Crippen molar-refractivity contribution in [3.63, 3.8) is 0 Å². The second kappa shape index (κ2) is 5.64. The van der Waals surface area contributed by atoms with Crippen LogP contribution in [0, 0.1) is 28.7 Å². The van der Waals surface area contributed by atoms with Gasteiger partial charge in [-0.15, -0.1) is 0 Å². The summed E-state index contributed by atoms with van der Waals surface area (Å²) in [6.07, 6.45) is 0. The minimum absolute atomic E-state index is 0.0958. The zero-order valence-corrected chi connectivity index (χ0v) is 10.7. The summed E-state index contributed by atoms with van der Waals surface area (Å²) in [5.41, 5.74) is 1.10. The highest BCUT2D eigenvalue weighted by atomic mass is 19.1. The molecular weight excluding hydrogens is 266 g/mol. The summed E-state index contributed by atoms with van der Waals surface area (Å²) < 4.78 is 26.8. The van der Waals surface area contributed by atoms with Crippen LogP contribution in [0.2, 0.25) is 0 Å². The summed E-state index contributed by atoms with van der Waals surface area (Å²) in [6, 6.07) is 7.94. The lowest BCUT2D eigenvalue weighted by Crippen LogP contribution is -2.03. The van der Waals surface area contributed by atoms with E-state index in [1.807, 2.05) is 0 Å². The molecule has 1 N–H and O–H groups in total. The van der Waals surface area contributed by atoms with E-state index < -0.39 is 16.6 Å². The van der Waals surface area contributed by atoms with Gasteiger partial charge in [0.15, 0.2) is 0 Å². The highest BCUT2D eigenvalue weighted by Gasteiger charge is 2.10. The van der Waals surface area contributed by atoms with Crippen molar-refractivity contribution in [2.45, 2.75) is 13.5 Å². The van der Waals surface area contributed by atoms with Crippen molar-refractivity contribution in [2.75, 3.05) is 5.32 Å². The van der Waals surface area contributed by atoms with Crippen molar-refractivity contribution in [2.24, 2.45) is 0 Å². The predicted molar refractivity (Wildman–Crippen MR) is 71.5 cm³/mol. The van der Waals surface area contributed by atoms with E-state index in [2.05, 4.69) is 5.32 Å². The van der Waals surface area contributed by atoms with Crippen LogP contribution in [0.5, 0.6) is 0 Å². The molecule has 4 nitrogen and oxygen atoms in total. The van der Waals surface area contributed by atoms with Gasteiger partial charge in [0.1, 0.15) is 11.6 Å². The van der Waals surface area contributed by atoms with E-state index in [0.717, 1.165) is 11.6 Å². The van der Waals surface area contributed by atoms with Crippen molar-refractivity contribution in [1.29, 1.82) is 0 Å². The molecule has 2 aromatic rings. The molecule has 0 bridgehead atoms. The standard InChI is InChI=1S/C14H12F2N2O2/c1-9-2-3-14(13(16)4-9)17-8-10-5-11(15)7-12(6-10)18(19)20/h2-7,17H,8H2,1H3. The molecule has 0 amide bonds. The second-order valence-electron chi connectivity index (χ2n) is 4.41. The van der Waals surface area contributed by atoms with Crippen LogP contribution in [0.25, 0.3) is 0 Å². The first-order chi connectivity index (χ1) is 9.45. The van der Waals surface area contributed by atoms with Crippen molar-refractivity contribution in [3.8, 4) is 0 Å². The van der Waals surface area contributed by atoms with E-state index in [1.165, 1.54) is 18.2 Å². The minimum atomic E-state index is -0.694. The molecule has 0 saturated heterocycles. The average molecular weight is 278 g/mol. The molecule has 104 valence electrons. The fraction of sp³-hybridized carbons (Fsp3) is 0.143. The van der Waals surface area contributed by atoms with Gasteiger partial charge in [0, 0.05) is 12.6 Å². The molecule has 0 unspecified atom stereocenters. The zero-order chi connectivity index (χ0) is 14.7. The second-order valence-corrected chi connectivity index (χ2v) is 4.41. The summed E-state index contributed by atoms with van der Waals surface area (Å²) in [4.78, 5) is 9.96. The van der Waals surface area contributed by atoms with Crippen molar-refractivity contribution in [3.05, 3.63) is 69.3 Å². The Morgan fingerprint density at radius 2 is 1.95 bits per heavy atom. The minimum Gasteiger partial charge on any atom is -0.379 e. The Hall–Kier alpha value is -2.50. The molecule has 20 heavy (non-hydrogen) atoms. The smallest absolute Gasteiger partial charge is 0.272 e. The molecule has 0 radical (unpaired) electrons. The first-order valence-corrected chi connectivity index (χ1v) is 5.89. The maximum atomic E-state index is 13.6. The zero-order valence-electron chi connectivity index (χ0n) is 10.7. The molecule has 0 fully saturated rings. The van der Waals surface area contributed by atoms with Gasteiger partial charge in [-0.05, 0) is 36.2 Å². The lowest BCUT2D eigenvalue weighted by molar-refractivity contribution is -0.385. The number of nitro groups is 1. The number of aryl methyl sites for hydroxylation is 1. The molecule has 0 aliphatic carbocycles. The van der Waals surface area contributed by atoms with E-state index in [4.69, 9.17) is 0 Å². The van der Waals surface area contributed by atoms with Gasteiger partial charge in [0.25, 0.3) is 5.69 Å². The van der Waals surface area contributed by atoms with Crippen LogP contribution in [0.3, 0.4) is 0 Å². The number of nitrogens with one attached hydrogen (secondary N) is 1. The number of benzene rings is 2. The SMILES string of the molecule is Cc1ccc(NCc2cc(F)cc([N+](=O)[O-])c2)c(F)c1. The summed E-state index contributed by atoms with van der Waals surface area (Å²) in [7, 11) is 0. The average Bonchev–Trinajstić information content (AvgIpc) is 2.37. The van der Waals surface area contributed by atoms with Crippen LogP contribution in [0.1, 0.15) is 11.1 Å². The quantitative estimate of drug-likeness (QED) is 0.683. The Morgan fingerprint density at radius 1 is 1.20 bits per heavy atom. The highest BCUT2D eigenvalue weighted by molar-refractivity contribution is 5.47. The predicted octanol–water partition coefficient (Wildman–Crippen LogP) is 3.79. The van der Waals surface area contributed by atoms with E-state index >= 15 is 0 Å². The van der Waals surface area contributed by atoms with Gasteiger partial charge in [-0.2, -0.15) is 0 Å². The van der Waals surface area contributed by atoms with Crippen LogP contribution in [-0.4, -0.2) is 4.92 Å². The summed E-state index contributed by atoms with van der Waals surface area (Å²) in [5.74, 6) is -1.11. The number of nitro benzene ring substituents is 1. The summed E-state index contributed by atoms with van der Waals surface area (Å²) >= 11 is 0. The Balaban J connectivity index is 2.16. The van der Waals surface area contributed by atoms with E-state index in [9.17, 15) is 18.9 Å². The highest BCUT2D eigenvalue weighted by Crippen LogP contribution is 2.19. The third kappa shape index (κ3) is 3.28. The number of non-ortho nitro benzene ring substituents is 1. The number of nitrogens with zero attached hydrogens (tertiary/aromatic N) is 1. The van der Waals surface area contributed by atoms with Crippen LogP contribution < -0.4 is 5.32 Å². The number of hydrogen-bond donors (Lipinski definition) is 1. The first kappa shape index (κ1) is 13.9. The molecule has 0 aliphatic heterocycles. The van der Waals surface area contributed by atoms with E-state index in [-0.39, 0.29) is 17.9 Å². The van der Waals surface area contributed by atoms with E-state index in [0.29, 0.717) is 5.56 Å². The van der Waals surface area contributed by atoms with Crippen molar-refractivity contribution in [1.82, 2.24) is 0 Å². The van der Waals surface area contributed by atoms with Crippen LogP contribution in [-0.2, 0) is 6.54 Å². The summed E-state index contributed by atoms with van der Waals surface area (Å²) in [6.45, 7) is 1.86. The fourth-order valence-electron chi connectivity index (χ4n) is 1.80. The van der Waals surface area contributed by atoms with Gasteiger partial charge in [-0.1, -0.05) is 6.07 Å². The first-order valence-electron chi connectivity index (χ1n) is 5.89. The third-order valence-electron chi connectivity index (χ3n) is 2.76. The molecule has 0 aromatic heterocycles. The van der Waals surface area contributed by atoms with Crippen molar-refractivity contribution < 1.29 is 13.7 Å². The molecule has 0 aliphatic rings. The van der Waals surface area contributed by atoms with Gasteiger partial charge in [-0.25, -0.2) is 8.78 Å². The van der Waals surface area contributed by atoms with Gasteiger partial charge in [0.05, 0.1) is 16.7 Å². The molecule has 0 atom stereocenters. The van der Waals surface area contributed by atoms with Crippen molar-refractivity contribution >= 4 is 11.4 Å². The van der Waals surface area contributed by atoms with Crippen LogP contribution in [0.15, 0.2) is 36.4 Å². The number of halogens is 2. The fourth-order valence-corrected chi connectivity index (χ4v) is 1.80. The Kier molecular flexibility index (Phi) is 3.93. The molecule has 0 heterocycles.